The van der Waals surface area contributed by atoms with Gasteiger partial charge in [-0.15, -0.1) is 0 Å². The molecule has 1 aromatic rings. The van der Waals surface area contributed by atoms with Crippen molar-refractivity contribution in [2.45, 2.75) is 13.3 Å². The molecule has 1 atom stereocenters. The van der Waals surface area contributed by atoms with Gasteiger partial charge in [0.1, 0.15) is 12.7 Å². The van der Waals surface area contributed by atoms with E-state index in [1.54, 1.807) is 6.92 Å². The number of amides is 1. The molecule has 1 aliphatic rings. The SMILES string of the molecule is CC1=NC=C([N+](=O)[O-])C1CCOC(=O)CNC(=O)c1ccc([N+](=O)[O-])cc1. The van der Waals surface area contributed by atoms with E-state index >= 15 is 0 Å². The van der Waals surface area contributed by atoms with Crippen molar-refractivity contribution >= 4 is 23.3 Å². The van der Waals surface area contributed by atoms with Crippen molar-refractivity contribution in [1.82, 2.24) is 5.32 Å². The summed E-state index contributed by atoms with van der Waals surface area (Å²) in [5.74, 6) is -1.80. The second-order valence-electron chi connectivity index (χ2n) is 5.63. The van der Waals surface area contributed by atoms with Gasteiger partial charge >= 0.3 is 5.97 Å². The third kappa shape index (κ3) is 5.17. The van der Waals surface area contributed by atoms with E-state index in [0.717, 1.165) is 0 Å². The van der Waals surface area contributed by atoms with Gasteiger partial charge in [-0.3, -0.25) is 34.8 Å². The highest BCUT2D eigenvalue weighted by Gasteiger charge is 2.31. The molecule has 1 amide bonds. The lowest BCUT2D eigenvalue weighted by atomic mass is 9.99. The molecule has 1 unspecified atom stereocenters. The molecule has 11 heteroatoms. The topological polar surface area (TPSA) is 154 Å². The number of ether oxygens (including phenoxy) is 1. The highest BCUT2D eigenvalue weighted by Crippen LogP contribution is 2.23. The number of aliphatic imine (C=N–C) groups is 1. The smallest absolute Gasteiger partial charge is 0.325 e. The molecule has 0 spiro atoms. The van der Waals surface area contributed by atoms with Crippen molar-refractivity contribution in [3.8, 4) is 0 Å². The lowest BCUT2D eigenvalue weighted by molar-refractivity contribution is -0.431. The number of carbonyl (C=O) groups is 2. The van der Waals surface area contributed by atoms with Gasteiger partial charge in [0.2, 0.25) is 0 Å². The fourth-order valence-electron chi connectivity index (χ4n) is 2.42. The minimum Gasteiger partial charge on any atom is -0.464 e. The van der Waals surface area contributed by atoms with Gasteiger partial charge in [-0.05, 0) is 25.5 Å². The predicted octanol–water partition coefficient (Wildman–Crippen LogP) is 1.47. The Hall–Kier alpha value is -3.63. The molecule has 0 radical (unpaired) electrons. The molecule has 1 aromatic carbocycles. The number of hydrogen-bond donors (Lipinski definition) is 1. The Morgan fingerprint density at radius 3 is 2.44 bits per heavy atom. The fraction of sp³-hybridized carbons (Fsp3) is 0.312. The maximum Gasteiger partial charge on any atom is 0.325 e. The number of nitrogens with one attached hydrogen (secondary N) is 1. The molecular formula is C16H16N4O7. The zero-order valence-corrected chi connectivity index (χ0v) is 14.3. The van der Waals surface area contributed by atoms with E-state index in [9.17, 15) is 29.8 Å². The summed E-state index contributed by atoms with van der Waals surface area (Å²) in [5.41, 5.74) is 0.533. The van der Waals surface area contributed by atoms with Crippen molar-refractivity contribution in [2.24, 2.45) is 10.9 Å². The first-order valence-corrected chi connectivity index (χ1v) is 7.86. The third-order valence-corrected chi connectivity index (χ3v) is 3.88. The number of nitro benzene ring substituents is 1. The number of allylic oxidation sites excluding steroid dienone is 1. The Morgan fingerprint density at radius 1 is 1.19 bits per heavy atom. The standard InChI is InChI=1S/C16H16N4O7/c1-10-13(14(8-17-10)20(25)26)6-7-27-15(21)9-18-16(22)11-2-4-12(5-3-11)19(23)24/h2-5,8,13H,6-7,9H2,1H3,(H,18,22). The second-order valence-corrected chi connectivity index (χ2v) is 5.63. The Bertz CT molecular complexity index is 830. The zero-order valence-electron chi connectivity index (χ0n) is 14.3. The Kier molecular flexibility index (Phi) is 6.31. The van der Waals surface area contributed by atoms with Crippen molar-refractivity contribution in [1.29, 1.82) is 0 Å². The normalized spacial score (nSPS) is 15.5. The first-order chi connectivity index (χ1) is 12.8. The van der Waals surface area contributed by atoms with E-state index in [1.807, 2.05) is 0 Å². The molecule has 0 aliphatic carbocycles. The van der Waals surface area contributed by atoms with Crippen LogP contribution < -0.4 is 5.32 Å². The van der Waals surface area contributed by atoms with Crippen LogP contribution in [0.1, 0.15) is 23.7 Å². The number of rotatable bonds is 8. The summed E-state index contributed by atoms with van der Waals surface area (Å²) in [6.07, 6.45) is 1.40. The van der Waals surface area contributed by atoms with Crippen molar-refractivity contribution < 1.29 is 24.2 Å². The molecule has 0 fully saturated rings. The molecule has 142 valence electrons. The van der Waals surface area contributed by atoms with Crippen LogP contribution in [-0.4, -0.2) is 40.6 Å². The monoisotopic (exact) mass is 376 g/mol. The van der Waals surface area contributed by atoms with Crippen molar-refractivity contribution in [3.05, 3.63) is 62.0 Å². The number of benzene rings is 1. The number of esters is 1. The van der Waals surface area contributed by atoms with Gasteiger partial charge in [0, 0.05) is 23.4 Å². The first-order valence-electron chi connectivity index (χ1n) is 7.86. The highest BCUT2D eigenvalue weighted by molar-refractivity contribution is 5.96. The molecule has 2 rings (SSSR count). The number of non-ortho nitro benzene ring substituents is 1. The molecular weight excluding hydrogens is 360 g/mol. The van der Waals surface area contributed by atoms with E-state index in [-0.39, 0.29) is 30.0 Å². The molecule has 0 saturated heterocycles. The van der Waals surface area contributed by atoms with E-state index in [2.05, 4.69) is 10.3 Å². The molecule has 0 aromatic heterocycles. The largest absolute Gasteiger partial charge is 0.464 e. The minimum atomic E-state index is -0.704. The predicted molar refractivity (Wildman–Crippen MR) is 92.7 cm³/mol. The first kappa shape index (κ1) is 19.7. The van der Waals surface area contributed by atoms with E-state index < -0.39 is 34.2 Å². The third-order valence-electron chi connectivity index (χ3n) is 3.88. The maximum atomic E-state index is 11.9. The summed E-state index contributed by atoms with van der Waals surface area (Å²) in [4.78, 5) is 47.8. The summed E-state index contributed by atoms with van der Waals surface area (Å²) in [7, 11) is 0. The van der Waals surface area contributed by atoms with Crippen LogP contribution in [0.25, 0.3) is 0 Å². The highest BCUT2D eigenvalue weighted by atomic mass is 16.6. The van der Waals surface area contributed by atoms with Gasteiger partial charge in [-0.1, -0.05) is 0 Å². The van der Waals surface area contributed by atoms with Crippen LogP contribution in [0.5, 0.6) is 0 Å². The number of nitro groups is 2. The van der Waals surface area contributed by atoms with E-state index in [4.69, 9.17) is 4.74 Å². The minimum absolute atomic E-state index is 0.0463. The molecule has 0 bridgehead atoms. The maximum absolute atomic E-state index is 11.9. The Balaban J connectivity index is 1.75. The Labute approximate surface area is 153 Å². The number of nitrogens with zero attached hydrogens (tertiary/aromatic N) is 3. The van der Waals surface area contributed by atoms with Gasteiger partial charge in [-0.2, -0.15) is 0 Å². The van der Waals surface area contributed by atoms with Crippen molar-refractivity contribution in [2.75, 3.05) is 13.2 Å². The zero-order chi connectivity index (χ0) is 20.0. The molecule has 0 saturated carbocycles. The summed E-state index contributed by atoms with van der Waals surface area (Å²) in [5, 5.41) is 23.8. The Morgan fingerprint density at radius 2 is 1.85 bits per heavy atom. The summed E-state index contributed by atoms with van der Waals surface area (Å²) in [6.45, 7) is 1.20. The summed E-state index contributed by atoms with van der Waals surface area (Å²) < 4.78 is 4.97. The number of carbonyl (C=O) groups excluding carboxylic acids is 2. The summed E-state index contributed by atoms with van der Waals surface area (Å²) >= 11 is 0. The number of hydrogen-bond acceptors (Lipinski definition) is 8. The lowest BCUT2D eigenvalue weighted by Crippen LogP contribution is -2.31. The second kappa shape index (κ2) is 8.65. The van der Waals surface area contributed by atoms with Crippen LogP contribution in [0.2, 0.25) is 0 Å². The van der Waals surface area contributed by atoms with Crippen LogP contribution >= 0.6 is 0 Å². The van der Waals surface area contributed by atoms with Gasteiger partial charge in [0.25, 0.3) is 17.3 Å². The average Bonchev–Trinajstić information content (AvgIpc) is 3.00. The van der Waals surface area contributed by atoms with Crippen LogP contribution in [0.4, 0.5) is 5.69 Å². The van der Waals surface area contributed by atoms with Gasteiger partial charge in [-0.25, -0.2) is 0 Å². The van der Waals surface area contributed by atoms with Crippen LogP contribution in [0.3, 0.4) is 0 Å². The quantitative estimate of drug-likeness (QED) is 0.409. The molecule has 1 aliphatic heterocycles. The van der Waals surface area contributed by atoms with E-state index in [0.29, 0.717) is 5.71 Å². The van der Waals surface area contributed by atoms with Crippen LogP contribution in [-0.2, 0) is 9.53 Å². The molecule has 11 nitrogen and oxygen atoms in total. The van der Waals surface area contributed by atoms with Gasteiger partial charge in [0.05, 0.1) is 22.4 Å². The van der Waals surface area contributed by atoms with Crippen LogP contribution in [0, 0.1) is 26.1 Å². The average molecular weight is 376 g/mol. The van der Waals surface area contributed by atoms with Gasteiger partial charge in [0.15, 0.2) is 0 Å². The van der Waals surface area contributed by atoms with E-state index in [1.165, 1.54) is 30.5 Å². The lowest BCUT2D eigenvalue weighted by Gasteiger charge is -2.10. The van der Waals surface area contributed by atoms with Gasteiger partial charge < -0.3 is 10.1 Å². The summed E-state index contributed by atoms with van der Waals surface area (Å²) in [6, 6.07) is 4.90. The van der Waals surface area contributed by atoms with Crippen molar-refractivity contribution in [3.63, 3.8) is 0 Å². The fourth-order valence-corrected chi connectivity index (χ4v) is 2.42. The molecule has 1 heterocycles. The van der Waals surface area contributed by atoms with Crippen LogP contribution in [0.15, 0.2) is 41.2 Å². The molecule has 27 heavy (non-hydrogen) atoms. The molecule has 1 N–H and O–H groups in total.